The average molecular weight is 697 g/mol. The number of aliphatic hydroxyl groups is 8. The molecule has 7 aliphatic rings. The predicted octanol–water partition coefficient (Wildman–Crippen LogP) is 5.59. The lowest BCUT2D eigenvalue weighted by atomic mass is 9.60. The van der Waals surface area contributed by atoms with Crippen LogP contribution in [0.4, 0.5) is 0 Å². The van der Waals surface area contributed by atoms with E-state index < -0.39 is 0 Å². The summed E-state index contributed by atoms with van der Waals surface area (Å²) in [6, 6.07) is 0. The molecule has 8 nitrogen and oxygen atoms in total. The molecule has 4 atom stereocenters. The van der Waals surface area contributed by atoms with Crippen LogP contribution in [0, 0.1) is 58.2 Å². The number of aliphatic hydroxyl groups excluding tert-OH is 8. The zero-order chi connectivity index (χ0) is 35.6. The van der Waals surface area contributed by atoms with E-state index in [9.17, 15) is 20.4 Å². The Balaban J connectivity index is 0.000000153. The maximum atomic E-state index is 9.60. The van der Waals surface area contributed by atoms with Gasteiger partial charge in [-0.15, -0.1) is 0 Å². The molecule has 7 aliphatic carbocycles. The molecule has 4 unspecified atom stereocenters. The van der Waals surface area contributed by atoms with Gasteiger partial charge in [0.15, 0.2) is 0 Å². The van der Waals surface area contributed by atoms with E-state index >= 15 is 0 Å². The van der Waals surface area contributed by atoms with Crippen LogP contribution in [0.3, 0.4) is 0 Å². The van der Waals surface area contributed by atoms with Crippen molar-refractivity contribution in [1.29, 1.82) is 0 Å². The molecule has 0 heterocycles. The topological polar surface area (TPSA) is 162 Å². The fourth-order valence-electron chi connectivity index (χ4n) is 11.4. The quantitative estimate of drug-likeness (QED) is 0.178. The highest BCUT2D eigenvalue weighted by atomic mass is 16.3. The van der Waals surface area contributed by atoms with E-state index in [0.29, 0.717) is 36.4 Å². The van der Waals surface area contributed by atoms with E-state index in [2.05, 4.69) is 13.8 Å². The first-order chi connectivity index (χ1) is 23.5. The van der Waals surface area contributed by atoms with Crippen LogP contribution in [0.1, 0.15) is 149 Å². The third-order valence-electron chi connectivity index (χ3n) is 15.0. The third kappa shape index (κ3) is 11.1. The molecule has 0 saturated heterocycles. The Morgan fingerprint density at radius 2 is 0.837 bits per heavy atom. The summed E-state index contributed by atoms with van der Waals surface area (Å²) >= 11 is 0. The smallest absolute Gasteiger partial charge is 0.0542 e. The second kappa shape index (κ2) is 19.7. The molecule has 8 heteroatoms. The Labute approximate surface area is 298 Å². The van der Waals surface area contributed by atoms with Crippen LogP contribution in [-0.2, 0) is 0 Å². The first-order valence-electron chi connectivity index (χ1n) is 20.6. The van der Waals surface area contributed by atoms with Crippen molar-refractivity contribution in [2.24, 2.45) is 58.2 Å². The van der Waals surface area contributed by atoms with Crippen molar-refractivity contribution < 1.29 is 40.9 Å². The van der Waals surface area contributed by atoms with Crippen LogP contribution in [-0.4, -0.2) is 91.7 Å². The normalized spacial score (nSPS) is 41.3. The summed E-state index contributed by atoms with van der Waals surface area (Å²) in [5.74, 6) is 5.82. The minimum Gasteiger partial charge on any atom is -0.396 e. The summed E-state index contributed by atoms with van der Waals surface area (Å²) < 4.78 is 0. The van der Waals surface area contributed by atoms with Crippen molar-refractivity contribution in [3.05, 3.63) is 0 Å². The van der Waals surface area contributed by atoms with E-state index in [0.717, 1.165) is 113 Å². The Morgan fingerprint density at radius 1 is 0.469 bits per heavy atom. The molecule has 0 amide bonds. The van der Waals surface area contributed by atoms with E-state index in [-0.39, 0.29) is 43.0 Å². The SMILES string of the molecule is CC(C)(C1CCC(O)CC1)C1CCC(O)CC1.OC1CCC(O)CC1.OCC1(CO)CCC2C3CCC(C3)C21.OCC1CCC(CO)CC1. The molecule has 49 heavy (non-hydrogen) atoms. The van der Waals surface area contributed by atoms with Gasteiger partial charge in [0.2, 0.25) is 0 Å². The van der Waals surface area contributed by atoms with E-state index in [1.165, 1.54) is 51.4 Å². The molecule has 7 saturated carbocycles. The molecule has 8 N–H and O–H groups in total. The third-order valence-corrected chi connectivity index (χ3v) is 15.0. The fraction of sp³-hybridized carbons (Fsp3) is 1.00. The van der Waals surface area contributed by atoms with Crippen LogP contribution in [0.25, 0.3) is 0 Å². The van der Waals surface area contributed by atoms with Gasteiger partial charge in [-0.1, -0.05) is 13.8 Å². The largest absolute Gasteiger partial charge is 0.396 e. The van der Waals surface area contributed by atoms with Crippen LogP contribution in [0.2, 0.25) is 0 Å². The molecule has 0 aromatic heterocycles. The molecule has 0 spiro atoms. The Kier molecular flexibility index (Phi) is 16.6. The zero-order valence-corrected chi connectivity index (χ0v) is 31.2. The van der Waals surface area contributed by atoms with E-state index in [4.69, 9.17) is 20.4 Å². The summed E-state index contributed by atoms with van der Waals surface area (Å²) in [5, 5.41) is 73.7. The lowest BCUT2D eigenvalue weighted by Gasteiger charge is -2.46. The first-order valence-corrected chi connectivity index (χ1v) is 20.6. The minimum absolute atomic E-state index is 0.0461. The van der Waals surface area contributed by atoms with Gasteiger partial charge in [0, 0.05) is 18.6 Å². The van der Waals surface area contributed by atoms with Gasteiger partial charge in [0.05, 0.1) is 37.6 Å². The molecule has 7 fully saturated rings. The molecular formula is C41H76O8. The summed E-state index contributed by atoms with van der Waals surface area (Å²) in [6.07, 6.45) is 22.3. The van der Waals surface area contributed by atoms with E-state index in [1.807, 2.05) is 0 Å². The highest BCUT2D eigenvalue weighted by Gasteiger charge is 2.59. The summed E-state index contributed by atoms with van der Waals surface area (Å²) in [4.78, 5) is 0. The van der Waals surface area contributed by atoms with Gasteiger partial charge in [-0.3, -0.25) is 0 Å². The standard InChI is InChI=1S/C15H28O2.C12H20O2.C8H16O2.C6H12O2/c1-15(2,11-3-7-13(16)8-4-11)12-5-9-14(17)10-6-12;13-6-12(7-14)4-3-10-8-1-2-9(5-8)11(10)12;9-5-7-1-2-8(6-10)4-3-7;7-5-1-2-6(8)4-3-5/h11-14,16-17H,3-10H2,1-2H3;8-11,13-14H,1-7H2;7-10H,1-6H2;5-8H,1-4H2. The average Bonchev–Trinajstić information content (AvgIpc) is 3.85. The van der Waals surface area contributed by atoms with Crippen molar-refractivity contribution in [2.75, 3.05) is 26.4 Å². The fourth-order valence-corrected chi connectivity index (χ4v) is 11.4. The van der Waals surface area contributed by atoms with Crippen molar-refractivity contribution in [2.45, 2.75) is 173 Å². The Hall–Kier alpha value is -0.320. The van der Waals surface area contributed by atoms with Crippen LogP contribution >= 0.6 is 0 Å². The van der Waals surface area contributed by atoms with Gasteiger partial charge in [0.1, 0.15) is 0 Å². The molecule has 0 aromatic carbocycles. The molecular weight excluding hydrogens is 620 g/mol. The summed E-state index contributed by atoms with van der Waals surface area (Å²) in [5.41, 5.74) is 0.283. The van der Waals surface area contributed by atoms with Crippen molar-refractivity contribution in [3.8, 4) is 0 Å². The predicted molar refractivity (Wildman–Crippen MR) is 193 cm³/mol. The van der Waals surface area contributed by atoms with Crippen molar-refractivity contribution in [1.82, 2.24) is 0 Å². The number of hydrogen-bond acceptors (Lipinski definition) is 8. The van der Waals surface area contributed by atoms with Crippen LogP contribution < -0.4 is 0 Å². The lowest BCUT2D eigenvalue weighted by molar-refractivity contribution is -0.00548. The monoisotopic (exact) mass is 697 g/mol. The maximum Gasteiger partial charge on any atom is 0.0542 e. The zero-order valence-electron chi connectivity index (χ0n) is 31.2. The minimum atomic E-state index is -0.140. The molecule has 7 rings (SSSR count). The molecule has 2 bridgehead atoms. The van der Waals surface area contributed by atoms with Crippen LogP contribution in [0.5, 0.6) is 0 Å². The first kappa shape index (κ1) is 41.4. The van der Waals surface area contributed by atoms with Gasteiger partial charge in [-0.2, -0.15) is 0 Å². The summed E-state index contributed by atoms with van der Waals surface area (Å²) in [7, 11) is 0. The van der Waals surface area contributed by atoms with Gasteiger partial charge in [-0.25, -0.2) is 0 Å². The van der Waals surface area contributed by atoms with Gasteiger partial charge >= 0.3 is 0 Å². The lowest BCUT2D eigenvalue weighted by Crippen LogP contribution is -2.38. The number of hydrogen-bond donors (Lipinski definition) is 8. The summed E-state index contributed by atoms with van der Waals surface area (Å²) in [6.45, 7) is 5.90. The maximum absolute atomic E-state index is 9.60. The van der Waals surface area contributed by atoms with Crippen molar-refractivity contribution in [3.63, 3.8) is 0 Å². The number of rotatable bonds is 6. The molecule has 0 radical (unpaired) electrons. The number of fused-ring (bicyclic) bond motifs is 5. The van der Waals surface area contributed by atoms with Gasteiger partial charge in [0.25, 0.3) is 0 Å². The Bertz CT molecular complexity index is 847. The van der Waals surface area contributed by atoms with Crippen molar-refractivity contribution >= 4 is 0 Å². The highest BCUT2D eigenvalue weighted by Crippen LogP contribution is 2.64. The van der Waals surface area contributed by atoms with E-state index in [1.54, 1.807) is 0 Å². The van der Waals surface area contributed by atoms with Gasteiger partial charge in [-0.05, 0) is 188 Å². The second-order valence-corrected chi connectivity index (χ2v) is 18.3. The highest BCUT2D eigenvalue weighted by molar-refractivity contribution is 5.08. The second-order valence-electron chi connectivity index (χ2n) is 18.3. The van der Waals surface area contributed by atoms with Gasteiger partial charge < -0.3 is 40.9 Å². The molecule has 288 valence electrons. The molecule has 0 aromatic rings. The molecule has 0 aliphatic heterocycles. The van der Waals surface area contributed by atoms with Crippen LogP contribution in [0.15, 0.2) is 0 Å². The Morgan fingerprint density at radius 3 is 1.20 bits per heavy atom.